The standard InChI is InChI=1S/C25H23NOS/c1-25(2,3)24(27)26-20-15-9-7-13-18(20)22-19-14-8-10-16-21(19)28-23(22)17-11-5-4-6-12-17/h4-16H,1-3H3,(H,26,27). The summed E-state index contributed by atoms with van der Waals surface area (Å²) in [6.07, 6.45) is 0. The van der Waals surface area contributed by atoms with E-state index in [1.165, 1.54) is 26.1 Å². The Morgan fingerprint density at radius 2 is 1.46 bits per heavy atom. The fraction of sp³-hybridized carbons (Fsp3) is 0.160. The van der Waals surface area contributed by atoms with Crippen LogP contribution in [0.5, 0.6) is 0 Å². The lowest BCUT2D eigenvalue weighted by molar-refractivity contribution is -0.123. The average molecular weight is 386 g/mol. The van der Waals surface area contributed by atoms with Gasteiger partial charge in [-0.05, 0) is 17.7 Å². The number of fused-ring (bicyclic) bond motifs is 1. The molecule has 0 saturated carbocycles. The van der Waals surface area contributed by atoms with Crippen molar-refractivity contribution >= 4 is 33.0 Å². The number of carbonyl (C=O) groups is 1. The Hall–Kier alpha value is -2.91. The molecule has 0 atom stereocenters. The minimum atomic E-state index is -0.452. The molecule has 4 rings (SSSR count). The third-order valence-corrected chi connectivity index (χ3v) is 5.98. The number of hydrogen-bond acceptors (Lipinski definition) is 2. The lowest BCUT2D eigenvalue weighted by atomic mass is 9.94. The number of benzene rings is 3. The summed E-state index contributed by atoms with van der Waals surface area (Å²) in [4.78, 5) is 13.9. The Labute approximate surface area is 169 Å². The maximum atomic E-state index is 12.7. The van der Waals surface area contributed by atoms with Crippen molar-refractivity contribution in [1.82, 2.24) is 0 Å². The molecule has 140 valence electrons. The number of nitrogens with one attached hydrogen (secondary N) is 1. The zero-order valence-electron chi connectivity index (χ0n) is 16.3. The minimum Gasteiger partial charge on any atom is -0.325 e. The summed E-state index contributed by atoms with van der Waals surface area (Å²) in [5.41, 5.74) is 3.82. The van der Waals surface area contributed by atoms with Gasteiger partial charge >= 0.3 is 0 Å². The van der Waals surface area contributed by atoms with E-state index >= 15 is 0 Å². The molecule has 1 amide bonds. The van der Waals surface area contributed by atoms with E-state index in [0.717, 1.165) is 11.3 Å². The van der Waals surface area contributed by atoms with Gasteiger partial charge in [0.2, 0.25) is 5.91 Å². The summed E-state index contributed by atoms with van der Waals surface area (Å²) in [5.74, 6) is 0.0146. The first kappa shape index (κ1) is 18.5. The van der Waals surface area contributed by atoms with Gasteiger partial charge in [-0.15, -0.1) is 11.3 Å². The lowest BCUT2D eigenvalue weighted by Crippen LogP contribution is -2.27. The second kappa shape index (κ2) is 7.25. The van der Waals surface area contributed by atoms with Gasteiger partial charge in [0, 0.05) is 37.2 Å². The number of hydrogen-bond donors (Lipinski definition) is 1. The number of amides is 1. The Kier molecular flexibility index (Phi) is 4.78. The maximum absolute atomic E-state index is 12.7. The van der Waals surface area contributed by atoms with Crippen LogP contribution in [0.25, 0.3) is 31.7 Å². The highest BCUT2D eigenvalue weighted by atomic mass is 32.1. The molecule has 4 aromatic rings. The first-order valence-corrected chi connectivity index (χ1v) is 10.2. The SMILES string of the molecule is CC(C)(C)C(=O)Nc1ccccc1-c1c(-c2ccccc2)sc2ccccc12. The van der Waals surface area contributed by atoms with Gasteiger partial charge in [-0.1, -0.05) is 87.5 Å². The molecule has 3 heteroatoms. The molecule has 0 fully saturated rings. The average Bonchev–Trinajstić information content (AvgIpc) is 3.08. The zero-order chi connectivity index (χ0) is 19.7. The predicted molar refractivity (Wildman–Crippen MR) is 121 cm³/mol. The number of thiophene rings is 1. The number of carbonyl (C=O) groups excluding carboxylic acids is 1. The number of anilines is 1. The fourth-order valence-electron chi connectivity index (χ4n) is 3.23. The quantitative estimate of drug-likeness (QED) is 0.396. The van der Waals surface area contributed by atoms with E-state index in [4.69, 9.17) is 0 Å². The highest BCUT2D eigenvalue weighted by Crippen LogP contribution is 2.46. The summed E-state index contributed by atoms with van der Waals surface area (Å²) in [6, 6.07) is 27.0. The van der Waals surface area contributed by atoms with E-state index in [9.17, 15) is 4.79 Å². The summed E-state index contributed by atoms with van der Waals surface area (Å²) < 4.78 is 1.24. The van der Waals surface area contributed by atoms with Crippen LogP contribution in [0.2, 0.25) is 0 Å². The normalized spacial score (nSPS) is 11.5. The van der Waals surface area contributed by atoms with Gasteiger partial charge in [0.15, 0.2) is 0 Å². The van der Waals surface area contributed by atoms with Crippen LogP contribution in [0, 0.1) is 5.41 Å². The Balaban J connectivity index is 1.94. The second-order valence-corrected chi connectivity index (χ2v) is 8.97. The zero-order valence-corrected chi connectivity index (χ0v) is 17.1. The molecule has 0 aliphatic carbocycles. The molecule has 0 radical (unpaired) electrons. The molecule has 0 bridgehead atoms. The van der Waals surface area contributed by atoms with Gasteiger partial charge in [0.1, 0.15) is 0 Å². The third kappa shape index (κ3) is 3.46. The summed E-state index contributed by atoms with van der Waals surface area (Å²) >= 11 is 1.79. The van der Waals surface area contributed by atoms with Crippen molar-refractivity contribution in [3.63, 3.8) is 0 Å². The molecule has 0 aliphatic rings. The van der Waals surface area contributed by atoms with Crippen LogP contribution in [-0.2, 0) is 4.79 Å². The molecule has 3 aromatic carbocycles. The van der Waals surface area contributed by atoms with E-state index < -0.39 is 5.41 Å². The first-order chi connectivity index (χ1) is 13.4. The van der Waals surface area contributed by atoms with E-state index in [-0.39, 0.29) is 5.91 Å². The van der Waals surface area contributed by atoms with E-state index in [0.29, 0.717) is 0 Å². The lowest BCUT2D eigenvalue weighted by Gasteiger charge is -2.20. The van der Waals surface area contributed by atoms with Crippen molar-refractivity contribution in [2.75, 3.05) is 5.32 Å². The molecule has 0 unspecified atom stereocenters. The van der Waals surface area contributed by atoms with Crippen LogP contribution >= 0.6 is 11.3 Å². The Morgan fingerprint density at radius 3 is 2.21 bits per heavy atom. The highest BCUT2D eigenvalue weighted by Gasteiger charge is 2.23. The third-order valence-electron chi connectivity index (χ3n) is 4.76. The highest BCUT2D eigenvalue weighted by molar-refractivity contribution is 7.23. The first-order valence-electron chi connectivity index (χ1n) is 9.43. The van der Waals surface area contributed by atoms with Gasteiger partial charge in [0.05, 0.1) is 0 Å². The van der Waals surface area contributed by atoms with E-state index in [1.54, 1.807) is 11.3 Å². The van der Waals surface area contributed by atoms with Crippen LogP contribution in [0.4, 0.5) is 5.69 Å². The van der Waals surface area contributed by atoms with Gasteiger partial charge in [0.25, 0.3) is 0 Å². The largest absolute Gasteiger partial charge is 0.325 e. The summed E-state index contributed by atoms with van der Waals surface area (Å²) in [6.45, 7) is 5.79. The molecular formula is C25H23NOS. The smallest absolute Gasteiger partial charge is 0.229 e. The summed E-state index contributed by atoms with van der Waals surface area (Å²) in [5, 5.41) is 4.36. The fourth-order valence-corrected chi connectivity index (χ4v) is 4.45. The second-order valence-electron chi connectivity index (χ2n) is 7.92. The van der Waals surface area contributed by atoms with E-state index in [1.807, 2.05) is 45.0 Å². The molecule has 1 N–H and O–H groups in total. The van der Waals surface area contributed by atoms with E-state index in [2.05, 4.69) is 59.9 Å². The number of rotatable bonds is 3. The molecular weight excluding hydrogens is 362 g/mol. The monoisotopic (exact) mass is 385 g/mol. The van der Waals surface area contributed by atoms with Crippen molar-refractivity contribution in [3.05, 3.63) is 78.9 Å². The Bertz CT molecular complexity index is 1140. The van der Waals surface area contributed by atoms with Crippen LogP contribution < -0.4 is 5.32 Å². The predicted octanol–water partition coefficient (Wildman–Crippen LogP) is 7.22. The summed E-state index contributed by atoms with van der Waals surface area (Å²) in [7, 11) is 0. The molecule has 1 aromatic heterocycles. The number of para-hydroxylation sites is 1. The molecule has 0 saturated heterocycles. The van der Waals surface area contributed by atoms with Crippen molar-refractivity contribution in [2.24, 2.45) is 5.41 Å². The maximum Gasteiger partial charge on any atom is 0.229 e. The molecule has 0 spiro atoms. The van der Waals surface area contributed by atoms with Crippen molar-refractivity contribution in [1.29, 1.82) is 0 Å². The molecule has 2 nitrogen and oxygen atoms in total. The van der Waals surface area contributed by atoms with Crippen LogP contribution in [0.1, 0.15) is 20.8 Å². The van der Waals surface area contributed by atoms with Crippen molar-refractivity contribution in [3.8, 4) is 21.6 Å². The van der Waals surface area contributed by atoms with Gasteiger partial charge in [-0.3, -0.25) is 4.79 Å². The van der Waals surface area contributed by atoms with Gasteiger partial charge < -0.3 is 5.32 Å². The van der Waals surface area contributed by atoms with Crippen LogP contribution in [-0.4, -0.2) is 5.91 Å². The van der Waals surface area contributed by atoms with Crippen LogP contribution in [0.3, 0.4) is 0 Å². The molecule has 28 heavy (non-hydrogen) atoms. The molecule has 0 aliphatic heterocycles. The molecule has 1 heterocycles. The van der Waals surface area contributed by atoms with Gasteiger partial charge in [-0.2, -0.15) is 0 Å². The van der Waals surface area contributed by atoms with Crippen molar-refractivity contribution in [2.45, 2.75) is 20.8 Å². The minimum absolute atomic E-state index is 0.0146. The van der Waals surface area contributed by atoms with Crippen molar-refractivity contribution < 1.29 is 4.79 Å². The Morgan fingerprint density at radius 1 is 0.821 bits per heavy atom. The topological polar surface area (TPSA) is 29.1 Å². The van der Waals surface area contributed by atoms with Gasteiger partial charge in [-0.25, -0.2) is 0 Å². The van der Waals surface area contributed by atoms with Crippen LogP contribution in [0.15, 0.2) is 78.9 Å².